The summed E-state index contributed by atoms with van der Waals surface area (Å²) in [6, 6.07) is 5.74. The SMILES string of the molecule is CCOC(=O)CSCc1cccc(Br)n1. The Labute approximate surface area is 102 Å². The number of halogens is 1. The maximum atomic E-state index is 11.0. The fourth-order valence-electron chi connectivity index (χ4n) is 0.972. The van der Waals surface area contributed by atoms with Gasteiger partial charge in [-0.3, -0.25) is 4.79 Å². The van der Waals surface area contributed by atoms with Gasteiger partial charge < -0.3 is 4.74 Å². The van der Waals surface area contributed by atoms with Crippen LogP contribution in [0.4, 0.5) is 0 Å². The number of ether oxygens (including phenoxy) is 1. The van der Waals surface area contributed by atoms with E-state index in [9.17, 15) is 4.79 Å². The van der Waals surface area contributed by atoms with E-state index >= 15 is 0 Å². The molecule has 0 atom stereocenters. The van der Waals surface area contributed by atoms with Gasteiger partial charge >= 0.3 is 5.97 Å². The van der Waals surface area contributed by atoms with Crippen molar-refractivity contribution < 1.29 is 9.53 Å². The molecule has 1 heterocycles. The zero-order valence-corrected chi connectivity index (χ0v) is 10.8. The predicted octanol–water partition coefficient (Wildman–Crippen LogP) is 2.64. The van der Waals surface area contributed by atoms with E-state index in [1.54, 1.807) is 6.92 Å². The summed E-state index contributed by atoms with van der Waals surface area (Å²) in [7, 11) is 0. The molecule has 0 amide bonds. The molecule has 0 aliphatic rings. The van der Waals surface area contributed by atoms with Crippen molar-refractivity contribution in [2.45, 2.75) is 12.7 Å². The molecule has 0 aliphatic heterocycles. The Morgan fingerprint density at radius 1 is 1.60 bits per heavy atom. The van der Waals surface area contributed by atoms with Gasteiger partial charge in [0.1, 0.15) is 4.60 Å². The molecule has 82 valence electrons. The highest BCUT2D eigenvalue weighted by molar-refractivity contribution is 9.10. The molecule has 0 bridgehead atoms. The van der Waals surface area contributed by atoms with Gasteiger partial charge in [0.25, 0.3) is 0 Å². The van der Waals surface area contributed by atoms with Gasteiger partial charge in [-0.05, 0) is 35.0 Å². The lowest BCUT2D eigenvalue weighted by molar-refractivity contribution is -0.139. The van der Waals surface area contributed by atoms with Crippen molar-refractivity contribution in [1.82, 2.24) is 4.98 Å². The lowest BCUT2D eigenvalue weighted by Gasteiger charge is -2.02. The first-order chi connectivity index (χ1) is 7.22. The van der Waals surface area contributed by atoms with Crippen LogP contribution in [0.1, 0.15) is 12.6 Å². The maximum absolute atomic E-state index is 11.0. The smallest absolute Gasteiger partial charge is 0.315 e. The normalized spacial score (nSPS) is 10.0. The first-order valence-corrected chi connectivity index (χ1v) is 6.52. The maximum Gasteiger partial charge on any atom is 0.315 e. The number of thioether (sulfide) groups is 1. The van der Waals surface area contributed by atoms with Crippen LogP contribution in [0.15, 0.2) is 22.8 Å². The molecule has 5 heteroatoms. The van der Waals surface area contributed by atoms with Crippen molar-refractivity contribution in [2.75, 3.05) is 12.4 Å². The molecule has 0 fully saturated rings. The molecule has 0 N–H and O–H groups in total. The first kappa shape index (κ1) is 12.5. The summed E-state index contributed by atoms with van der Waals surface area (Å²) < 4.78 is 5.63. The summed E-state index contributed by atoms with van der Waals surface area (Å²) in [4.78, 5) is 15.3. The van der Waals surface area contributed by atoms with Crippen molar-refractivity contribution in [3.8, 4) is 0 Å². The minimum atomic E-state index is -0.169. The Morgan fingerprint density at radius 2 is 2.40 bits per heavy atom. The molecule has 15 heavy (non-hydrogen) atoms. The molecule has 0 saturated heterocycles. The first-order valence-electron chi connectivity index (χ1n) is 4.57. The Kier molecular flexibility index (Phi) is 5.71. The highest BCUT2D eigenvalue weighted by atomic mass is 79.9. The van der Waals surface area contributed by atoms with Crippen LogP contribution in [0, 0.1) is 0 Å². The molecular weight excluding hydrogens is 278 g/mol. The van der Waals surface area contributed by atoms with Crippen LogP contribution < -0.4 is 0 Å². The van der Waals surface area contributed by atoms with Crippen molar-refractivity contribution in [3.63, 3.8) is 0 Å². The lowest BCUT2D eigenvalue weighted by atomic mass is 10.4. The Balaban J connectivity index is 2.28. The number of hydrogen-bond donors (Lipinski definition) is 0. The van der Waals surface area contributed by atoms with Crippen molar-refractivity contribution in [1.29, 1.82) is 0 Å². The largest absolute Gasteiger partial charge is 0.465 e. The summed E-state index contributed by atoms with van der Waals surface area (Å²) in [5.41, 5.74) is 0.957. The van der Waals surface area contributed by atoms with Crippen molar-refractivity contribution >= 4 is 33.7 Å². The van der Waals surface area contributed by atoms with E-state index in [1.807, 2.05) is 18.2 Å². The van der Waals surface area contributed by atoms with Gasteiger partial charge in [-0.25, -0.2) is 4.98 Å². The second-order valence-electron chi connectivity index (χ2n) is 2.75. The van der Waals surface area contributed by atoms with E-state index in [2.05, 4.69) is 20.9 Å². The molecule has 0 unspecified atom stereocenters. The molecule has 0 spiro atoms. The molecule has 0 radical (unpaired) electrons. The third-order valence-electron chi connectivity index (χ3n) is 1.55. The number of carbonyl (C=O) groups excluding carboxylic acids is 1. The molecule has 3 nitrogen and oxygen atoms in total. The molecule has 0 saturated carbocycles. The third-order valence-corrected chi connectivity index (χ3v) is 2.93. The standard InChI is InChI=1S/C10H12BrNO2S/c1-2-14-10(13)7-15-6-8-4-3-5-9(11)12-8/h3-5H,2,6-7H2,1H3. The van der Waals surface area contributed by atoms with Gasteiger partial charge in [0.05, 0.1) is 18.1 Å². The van der Waals surface area contributed by atoms with E-state index < -0.39 is 0 Å². The average Bonchev–Trinajstić information content (AvgIpc) is 2.18. The molecular formula is C10H12BrNO2S. The van der Waals surface area contributed by atoms with Gasteiger partial charge in [0, 0.05) is 5.75 Å². The topological polar surface area (TPSA) is 39.2 Å². The molecule has 1 aromatic rings. The molecule has 0 aliphatic carbocycles. The van der Waals surface area contributed by atoms with Gasteiger partial charge in [-0.1, -0.05) is 6.07 Å². The average molecular weight is 290 g/mol. The Hall–Kier alpha value is -0.550. The Morgan fingerprint density at radius 3 is 3.07 bits per heavy atom. The highest BCUT2D eigenvalue weighted by Crippen LogP contribution is 2.13. The second kappa shape index (κ2) is 6.85. The summed E-state index contributed by atoms with van der Waals surface area (Å²) in [5.74, 6) is 0.929. The van der Waals surface area contributed by atoms with E-state index in [4.69, 9.17) is 4.74 Å². The number of nitrogens with zero attached hydrogens (tertiary/aromatic N) is 1. The van der Waals surface area contributed by atoms with Crippen LogP contribution in [0.3, 0.4) is 0 Å². The molecule has 1 rings (SSSR count). The summed E-state index contributed by atoms with van der Waals surface area (Å²) in [6.07, 6.45) is 0. The van der Waals surface area contributed by atoms with Crippen molar-refractivity contribution in [2.24, 2.45) is 0 Å². The zero-order valence-electron chi connectivity index (χ0n) is 8.40. The van der Waals surface area contributed by atoms with Gasteiger partial charge in [0.15, 0.2) is 0 Å². The second-order valence-corrected chi connectivity index (χ2v) is 4.55. The number of rotatable bonds is 5. The minimum absolute atomic E-state index is 0.169. The van der Waals surface area contributed by atoms with Crippen molar-refractivity contribution in [3.05, 3.63) is 28.5 Å². The quantitative estimate of drug-likeness (QED) is 0.617. The van der Waals surface area contributed by atoms with Gasteiger partial charge in [0.2, 0.25) is 0 Å². The summed E-state index contributed by atoms with van der Waals surface area (Å²) >= 11 is 4.80. The van der Waals surface area contributed by atoms with Crippen LogP contribution in [0.5, 0.6) is 0 Å². The minimum Gasteiger partial charge on any atom is -0.465 e. The number of pyridine rings is 1. The number of hydrogen-bond acceptors (Lipinski definition) is 4. The van der Waals surface area contributed by atoms with Crippen LogP contribution >= 0.6 is 27.7 Å². The number of carbonyl (C=O) groups is 1. The molecule has 0 aromatic carbocycles. The number of aromatic nitrogens is 1. The monoisotopic (exact) mass is 289 g/mol. The molecule has 1 aromatic heterocycles. The Bertz CT molecular complexity index is 333. The third kappa shape index (κ3) is 5.18. The zero-order chi connectivity index (χ0) is 11.1. The van der Waals surface area contributed by atoms with Gasteiger partial charge in [-0.15, -0.1) is 11.8 Å². The van der Waals surface area contributed by atoms with E-state index in [0.717, 1.165) is 16.0 Å². The predicted molar refractivity (Wildman–Crippen MR) is 64.7 cm³/mol. The number of esters is 1. The van der Waals surface area contributed by atoms with Gasteiger partial charge in [-0.2, -0.15) is 0 Å². The van der Waals surface area contributed by atoms with Crippen LogP contribution in [0.2, 0.25) is 0 Å². The lowest BCUT2D eigenvalue weighted by Crippen LogP contribution is -2.06. The fourth-order valence-corrected chi connectivity index (χ4v) is 2.07. The summed E-state index contributed by atoms with van der Waals surface area (Å²) in [5, 5.41) is 0. The van der Waals surface area contributed by atoms with Crippen LogP contribution in [0.25, 0.3) is 0 Å². The van der Waals surface area contributed by atoms with E-state index in [1.165, 1.54) is 11.8 Å². The fraction of sp³-hybridized carbons (Fsp3) is 0.400. The van der Waals surface area contributed by atoms with E-state index in [0.29, 0.717) is 12.4 Å². The van der Waals surface area contributed by atoms with E-state index in [-0.39, 0.29) is 5.97 Å². The summed E-state index contributed by atoms with van der Waals surface area (Å²) in [6.45, 7) is 2.24. The highest BCUT2D eigenvalue weighted by Gasteiger charge is 2.02. The van der Waals surface area contributed by atoms with Crippen LogP contribution in [-0.4, -0.2) is 23.3 Å². The van der Waals surface area contributed by atoms with Crippen LogP contribution in [-0.2, 0) is 15.3 Å².